The third kappa shape index (κ3) is 2.94. The Bertz CT molecular complexity index is 482. The van der Waals surface area contributed by atoms with Gasteiger partial charge in [0, 0.05) is 25.5 Å². The molecule has 0 bridgehead atoms. The van der Waals surface area contributed by atoms with Gasteiger partial charge in [0.15, 0.2) is 12.1 Å². The summed E-state index contributed by atoms with van der Waals surface area (Å²) in [7, 11) is 0. The predicted octanol–water partition coefficient (Wildman–Crippen LogP) is 1.77. The number of amides is 1. The molecule has 0 aromatic carbocycles. The molecular weight excluding hydrogens is 230 g/mol. The molecule has 2 heterocycles. The summed E-state index contributed by atoms with van der Waals surface area (Å²) >= 11 is 0. The zero-order valence-corrected chi connectivity index (χ0v) is 10.2. The Morgan fingerprint density at radius 2 is 2.17 bits per heavy atom. The van der Waals surface area contributed by atoms with Crippen LogP contribution >= 0.6 is 0 Å². The van der Waals surface area contributed by atoms with E-state index in [2.05, 4.69) is 9.97 Å². The quantitative estimate of drug-likeness (QED) is 0.805. The van der Waals surface area contributed by atoms with Gasteiger partial charge in [-0.25, -0.2) is 4.98 Å². The van der Waals surface area contributed by atoms with Crippen LogP contribution in [0.3, 0.4) is 0 Å². The van der Waals surface area contributed by atoms with Gasteiger partial charge in [-0.1, -0.05) is 0 Å². The molecule has 0 fully saturated rings. The Balaban J connectivity index is 1.96. The van der Waals surface area contributed by atoms with Crippen LogP contribution in [0, 0.1) is 0 Å². The second-order valence-electron chi connectivity index (χ2n) is 3.86. The summed E-state index contributed by atoms with van der Waals surface area (Å²) in [6, 6.07) is 3.91. The molecule has 5 nitrogen and oxygen atoms in total. The molecule has 94 valence electrons. The van der Waals surface area contributed by atoms with E-state index in [9.17, 15) is 4.79 Å². The standard InChI is InChI=1S/C13H15N3O2/c1-2-16(13(17)12-9-18-10-15-12)8-5-11-3-6-14-7-4-11/h3-4,6-7,9-10H,2,5,8H2,1H3. The molecule has 18 heavy (non-hydrogen) atoms. The monoisotopic (exact) mass is 245 g/mol. The molecule has 0 spiro atoms. The van der Waals surface area contributed by atoms with Gasteiger partial charge in [0.05, 0.1) is 0 Å². The average molecular weight is 245 g/mol. The molecule has 0 aliphatic carbocycles. The molecule has 2 aromatic rings. The second-order valence-corrected chi connectivity index (χ2v) is 3.86. The van der Waals surface area contributed by atoms with Crippen LogP contribution in [0.2, 0.25) is 0 Å². The molecule has 0 aliphatic heterocycles. The molecule has 0 saturated heterocycles. The van der Waals surface area contributed by atoms with E-state index >= 15 is 0 Å². The van der Waals surface area contributed by atoms with Crippen LogP contribution in [-0.4, -0.2) is 33.9 Å². The van der Waals surface area contributed by atoms with E-state index in [1.54, 1.807) is 17.3 Å². The van der Waals surface area contributed by atoms with Crippen molar-refractivity contribution in [3.8, 4) is 0 Å². The molecule has 0 aliphatic rings. The normalized spacial score (nSPS) is 10.3. The summed E-state index contributed by atoms with van der Waals surface area (Å²) in [4.78, 5) is 21.6. The van der Waals surface area contributed by atoms with E-state index in [0.717, 1.165) is 12.0 Å². The van der Waals surface area contributed by atoms with E-state index in [1.165, 1.54) is 12.7 Å². The van der Waals surface area contributed by atoms with Crippen LogP contribution in [0.15, 0.2) is 41.6 Å². The summed E-state index contributed by atoms with van der Waals surface area (Å²) in [6.07, 6.45) is 6.96. The van der Waals surface area contributed by atoms with Crippen molar-refractivity contribution in [1.29, 1.82) is 0 Å². The Kier molecular flexibility index (Phi) is 4.06. The van der Waals surface area contributed by atoms with Gasteiger partial charge in [0.1, 0.15) is 6.26 Å². The summed E-state index contributed by atoms with van der Waals surface area (Å²) in [6.45, 7) is 3.26. The van der Waals surface area contributed by atoms with E-state index in [-0.39, 0.29) is 5.91 Å². The minimum absolute atomic E-state index is 0.0969. The van der Waals surface area contributed by atoms with Crippen molar-refractivity contribution in [2.45, 2.75) is 13.3 Å². The van der Waals surface area contributed by atoms with Crippen LogP contribution in [0.25, 0.3) is 0 Å². The first-order chi connectivity index (χ1) is 8.81. The highest BCUT2D eigenvalue weighted by Crippen LogP contribution is 2.05. The van der Waals surface area contributed by atoms with Gasteiger partial charge in [-0.2, -0.15) is 0 Å². The van der Waals surface area contributed by atoms with Gasteiger partial charge in [-0.05, 0) is 31.0 Å². The SMILES string of the molecule is CCN(CCc1ccncc1)C(=O)c1cocn1. The predicted molar refractivity (Wildman–Crippen MR) is 66.0 cm³/mol. The molecular formula is C13H15N3O2. The molecule has 0 saturated carbocycles. The molecule has 0 atom stereocenters. The lowest BCUT2D eigenvalue weighted by Gasteiger charge is -2.19. The zero-order chi connectivity index (χ0) is 12.8. The Labute approximate surface area is 105 Å². The highest BCUT2D eigenvalue weighted by atomic mass is 16.3. The number of carbonyl (C=O) groups is 1. The summed E-state index contributed by atoms with van der Waals surface area (Å²) in [5.41, 5.74) is 1.52. The first kappa shape index (κ1) is 12.3. The first-order valence-electron chi connectivity index (χ1n) is 5.87. The number of likely N-dealkylation sites (N-methyl/N-ethyl adjacent to an activating group) is 1. The maximum Gasteiger partial charge on any atom is 0.275 e. The van der Waals surface area contributed by atoms with Crippen LogP contribution in [0.1, 0.15) is 23.0 Å². The number of pyridine rings is 1. The number of hydrogen-bond donors (Lipinski definition) is 0. The lowest BCUT2D eigenvalue weighted by atomic mass is 10.2. The van der Waals surface area contributed by atoms with Gasteiger partial charge in [0.2, 0.25) is 0 Å². The molecule has 0 N–H and O–H groups in total. The van der Waals surface area contributed by atoms with Crippen LogP contribution < -0.4 is 0 Å². The smallest absolute Gasteiger partial charge is 0.275 e. The highest BCUT2D eigenvalue weighted by Gasteiger charge is 2.16. The first-order valence-corrected chi connectivity index (χ1v) is 5.87. The van der Waals surface area contributed by atoms with E-state index < -0.39 is 0 Å². The third-order valence-corrected chi connectivity index (χ3v) is 2.74. The fourth-order valence-corrected chi connectivity index (χ4v) is 1.70. The lowest BCUT2D eigenvalue weighted by Crippen LogP contribution is -2.32. The molecule has 0 unspecified atom stereocenters. The fourth-order valence-electron chi connectivity index (χ4n) is 1.70. The van der Waals surface area contributed by atoms with E-state index in [1.807, 2.05) is 19.1 Å². The number of oxazole rings is 1. The average Bonchev–Trinajstić information content (AvgIpc) is 2.94. The van der Waals surface area contributed by atoms with Crippen molar-refractivity contribution < 1.29 is 9.21 Å². The van der Waals surface area contributed by atoms with Crippen molar-refractivity contribution in [1.82, 2.24) is 14.9 Å². The summed E-state index contributed by atoms with van der Waals surface area (Å²) in [5, 5.41) is 0. The van der Waals surface area contributed by atoms with Gasteiger partial charge in [-0.3, -0.25) is 9.78 Å². The topological polar surface area (TPSA) is 59.2 Å². The largest absolute Gasteiger partial charge is 0.451 e. The van der Waals surface area contributed by atoms with Gasteiger partial charge in [0.25, 0.3) is 5.91 Å². The maximum atomic E-state index is 12.0. The molecule has 5 heteroatoms. The van der Waals surface area contributed by atoms with E-state index in [0.29, 0.717) is 18.8 Å². The summed E-state index contributed by atoms with van der Waals surface area (Å²) < 4.78 is 4.83. The number of carbonyl (C=O) groups excluding carboxylic acids is 1. The van der Waals surface area contributed by atoms with Gasteiger partial charge >= 0.3 is 0 Å². The van der Waals surface area contributed by atoms with Crippen molar-refractivity contribution in [2.75, 3.05) is 13.1 Å². The minimum atomic E-state index is -0.0969. The lowest BCUT2D eigenvalue weighted by molar-refractivity contribution is 0.0760. The zero-order valence-electron chi connectivity index (χ0n) is 10.2. The van der Waals surface area contributed by atoms with Crippen LogP contribution in [0.4, 0.5) is 0 Å². The Hall–Kier alpha value is -2.17. The molecule has 2 aromatic heterocycles. The Morgan fingerprint density at radius 1 is 1.39 bits per heavy atom. The van der Waals surface area contributed by atoms with Crippen molar-refractivity contribution in [3.63, 3.8) is 0 Å². The fraction of sp³-hybridized carbons (Fsp3) is 0.308. The van der Waals surface area contributed by atoms with Gasteiger partial charge in [-0.15, -0.1) is 0 Å². The van der Waals surface area contributed by atoms with E-state index in [4.69, 9.17) is 4.42 Å². The minimum Gasteiger partial charge on any atom is -0.451 e. The number of rotatable bonds is 5. The molecule has 1 amide bonds. The highest BCUT2D eigenvalue weighted by molar-refractivity contribution is 5.91. The van der Waals surface area contributed by atoms with Gasteiger partial charge < -0.3 is 9.32 Å². The number of nitrogens with zero attached hydrogens (tertiary/aromatic N) is 3. The van der Waals surface area contributed by atoms with Crippen molar-refractivity contribution >= 4 is 5.91 Å². The summed E-state index contributed by atoms with van der Waals surface area (Å²) in [5.74, 6) is -0.0969. The number of aromatic nitrogens is 2. The Morgan fingerprint density at radius 3 is 2.78 bits per heavy atom. The second kappa shape index (κ2) is 5.95. The van der Waals surface area contributed by atoms with Crippen LogP contribution in [0.5, 0.6) is 0 Å². The maximum absolute atomic E-state index is 12.0. The van der Waals surface area contributed by atoms with Crippen molar-refractivity contribution in [3.05, 3.63) is 48.4 Å². The van der Waals surface area contributed by atoms with Crippen molar-refractivity contribution in [2.24, 2.45) is 0 Å². The molecule has 0 radical (unpaired) electrons. The van der Waals surface area contributed by atoms with Crippen LogP contribution in [-0.2, 0) is 6.42 Å². The number of hydrogen-bond acceptors (Lipinski definition) is 4. The molecule has 2 rings (SSSR count). The third-order valence-electron chi connectivity index (χ3n) is 2.74.